The van der Waals surface area contributed by atoms with Gasteiger partial charge in [-0.05, 0) is 12.1 Å². The number of benzene rings is 1. The van der Waals surface area contributed by atoms with Crippen LogP contribution in [0.4, 0.5) is 5.69 Å². The Labute approximate surface area is 108 Å². The van der Waals surface area contributed by atoms with Gasteiger partial charge >= 0.3 is 0 Å². The maximum absolute atomic E-state index is 11.5. The third-order valence-corrected chi connectivity index (χ3v) is 2.71. The van der Waals surface area contributed by atoms with Crippen molar-refractivity contribution >= 4 is 28.6 Å². The number of hydrogen-bond donors (Lipinski definition) is 0. The molecule has 1 aromatic carbocycles. The van der Waals surface area contributed by atoms with E-state index in [0.29, 0.717) is 16.5 Å². The Bertz CT molecular complexity index is 750. The Morgan fingerprint density at radius 3 is 2.84 bits per heavy atom. The van der Waals surface area contributed by atoms with Crippen molar-refractivity contribution in [3.63, 3.8) is 0 Å². The molecule has 0 aliphatic heterocycles. The molecule has 94 valence electrons. The lowest BCUT2D eigenvalue weighted by molar-refractivity contribution is -0.384. The van der Waals surface area contributed by atoms with Crippen LogP contribution in [0.2, 0.25) is 0 Å². The van der Waals surface area contributed by atoms with Crippen molar-refractivity contribution in [3.8, 4) is 6.07 Å². The van der Waals surface area contributed by atoms with E-state index in [4.69, 9.17) is 5.26 Å². The number of carbonyl (C=O) groups excluding carboxylic acids is 1. The molecule has 6 heteroatoms. The van der Waals surface area contributed by atoms with E-state index in [9.17, 15) is 14.9 Å². The zero-order valence-electron chi connectivity index (χ0n) is 10.0. The lowest BCUT2D eigenvalue weighted by Gasteiger charge is -1.98. The molecule has 1 heterocycles. The first-order chi connectivity index (χ1) is 9.04. The van der Waals surface area contributed by atoms with E-state index in [0.717, 1.165) is 0 Å². The first kappa shape index (κ1) is 12.5. The van der Waals surface area contributed by atoms with Gasteiger partial charge in [0.15, 0.2) is 0 Å². The largest absolute Gasteiger partial charge is 0.287 e. The van der Waals surface area contributed by atoms with Gasteiger partial charge in [0.05, 0.1) is 16.5 Å². The average molecular weight is 255 g/mol. The van der Waals surface area contributed by atoms with E-state index in [2.05, 4.69) is 0 Å². The second kappa shape index (κ2) is 4.74. The molecule has 0 aliphatic carbocycles. The van der Waals surface area contributed by atoms with Gasteiger partial charge in [0.1, 0.15) is 0 Å². The molecule has 2 aromatic rings. The molecule has 0 fully saturated rings. The van der Waals surface area contributed by atoms with E-state index in [1.807, 2.05) is 6.07 Å². The molecule has 0 unspecified atom stereocenters. The molecule has 19 heavy (non-hydrogen) atoms. The van der Waals surface area contributed by atoms with Gasteiger partial charge in [-0.2, -0.15) is 5.26 Å². The summed E-state index contributed by atoms with van der Waals surface area (Å²) in [6.45, 7) is 1.40. The van der Waals surface area contributed by atoms with Crippen molar-refractivity contribution in [2.24, 2.45) is 0 Å². The molecular weight excluding hydrogens is 246 g/mol. The summed E-state index contributed by atoms with van der Waals surface area (Å²) in [5, 5.41) is 19.9. The van der Waals surface area contributed by atoms with E-state index in [-0.39, 0.29) is 11.6 Å². The molecule has 0 saturated heterocycles. The molecule has 1 aromatic heterocycles. The van der Waals surface area contributed by atoms with Crippen molar-refractivity contribution in [1.82, 2.24) is 4.57 Å². The van der Waals surface area contributed by atoms with Crippen molar-refractivity contribution < 1.29 is 9.72 Å². The van der Waals surface area contributed by atoms with Gasteiger partial charge in [-0.25, -0.2) is 0 Å². The van der Waals surface area contributed by atoms with Crippen LogP contribution in [0, 0.1) is 21.4 Å². The van der Waals surface area contributed by atoms with Crippen molar-refractivity contribution in [2.75, 3.05) is 0 Å². The Balaban J connectivity index is 2.76. The van der Waals surface area contributed by atoms with Gasteiger partial charge in [-0.3, -0.25) is 19.5 Å². The number of nitrogens with zero attached hydrogens (tertiary/aromatic N) is 3. The zero-order chi connectivity index (χ0) is 14.0. The molecule has 0 N–H and O–H groups in total. The number of aromatic nitrogens is 1. The Morgan fingerprint density at radius 2 is 2.26 bits per heavy atom. The number of rotatable bonds is 2. The van der Waals surface area contributed by atoms with Crippen molar-refractivity contribution in [1.29, 1.82) is 5.26 Å². The molecule has 6 nitrogen and oxygen atoms in total. The fourth-order valence-electron chi connectivity index (χ4n) is 1.88. The highest BCUT2D eigenvalue weighted by molar-refractivity contribution is 5.97. The van der Waals surface area contributed by atoms with Crippen LogP contribution in [-0.2, 0) is 0 Å². The summed E-state index contributed by atoms with van der Waals surface area (Å²) in [7, 11) is 0. The van der Waals surface area contributed by atoms with Gasteiger partial charge in [0.2, 0.25) is 5.91 Å². The Kier molecular flexibility index (Phi) is 3.12. The van der Waals surface area contributed by atoms with Gasteiger partial charge in [0.25, 0.3) is 5.69 Å². The Hall–Kier alpha value is -2.94. The van der Waals surface area contributed by atoms with Crippen LogP contribution in [0.15, 0.2) is 30.5 Å². The molecule has 0 radical (unpaired) electrons. The number of allylic oxidation sites excluding steroid dienone is 1. The highest BCUT2D eigenvalue weighted by Gasteiger charge is 2.13. The smallest absolute Gasteiger partial charge is 0.270 e. The summed E-state index contributed by atoms with van der Waals surface area (Å²) in [5.41, 5.74) is 1.12. The number of non-ortho nitro benzene ring substituents is 1. The van der Waals surface area contributed by atoms with E-state index in [1.54, 1.807) is 6.20 Å². The topological polar surface area (TPSA) is 88.9 Å². The van der Waals surface area contributed by atoms with Crippen LogP contribution in [0.25, 0.3) is 17.0 Å². The predicted molar refractivity (Wildman–Crippen MR) is 69.5 cm³/mol. The van der Waals surface area contributed by atoms with Crippen molar-refractivity contribution in [2.45, 2.75) is 6.92 Å². The summed E-state index contributed by atoms with van der Waals surface area (Å²) in [4.78, 5) is 21.8. The van der Waals surface area contributed by atoms with Crippen LogP contribution in [-0.4, -0.2) is 15.4 Å². The maximum atomic E-state index is 11.5. The fraction of sp³-hybridized carbons (Fsp3) is 0.0769. The molecular formula is C13H9N3O3. The van der Waals surface area contributed by atoms with Crippen LogP contribution >= 0.6 is 0 Å². The van der Waals surface area contributed by atoms with Gasteiger partial charge in [-0.1, -0.05) is 0 Å². The summed E-state index contributed by atoms with van der Waals surface area (Å²) in [5.74, 6) is -0.199. The lowest BCUT2D eigenvalue weighted by atomic mass is 10.1. The molecule has 0 amide bonds. The van der Waals surface area contributed by atoms with Crippen LogP contribution < -0.4 is 0 Å². The molecule has 0 atom stereocenters. The number of carbonyl (C=O) groups is 1. The van der Waals surface area contributed by atoms with E-state index < -0.39 is 4.92 Å². The van der Waals surface area contributed by atoms with Crippen LogP contribution in [0.3, 0.4) is 0 Å². The number of hydrogen-bond acceptors (Lipinski definition) is 4. The minimum Gasteiger partial charge on any atom is -0.287 e. The highest BCUT2D eigenvalue weighted by Crippen LogP contribution is 2.26. The minimum atomic E-state index is -0.498. The van der Waals surface area contributed by atoms with Crippen LogP contribution in [0.1, 0.15) is 17.3 Å². The summed E-state index contributed by atoms with van der Waals surface area (Å²) < 4.78 is 1.40. The first-order valence-electron chi connectivity index (χ1n) is 5.41. The number of nitriles is 1. The lowest BCUT2D eigenvalue weighted by Crippen LogP contribution is -2.02. The normalized spacial score (nSPS) is 10.7. The van der Waals surface area contributed by atoms with E-state index >= 15 is 0 Å². The number of fused-ring (bicyclic) bond motifs is 1. The number of nitro benzene ring substituents is 1. The summed E-state index contributed by atoms with van der Waals surface area (Å²) in [6, 6.07) is 6.12. The third-order valence-electron chi connectivity index (χ3n) is 2.71. The second-order valence-corrected chi connectivity index (χ2v) is 3.89. The molecule has 0 bridgehead atoms. The number of nitro groups is 1. The zero-order valence-corrected chi connectivity index (χ0v) is 10.0. The fourth-order valence-corrected chi connectivity index (χ4v) is 1.88. The predicted octanol–water partition coefficient (Wildman–Crippen LogP) is 2.75. The summed E-state index contributed by atoms with van der Waals surface area (Å²) >= 11 is 0. The standard InChI is InChI=1S/C13H9N3O3/c1-9(17)15-8-10(3-2-6-14)12-7-11(16(18)19)4-5-13(12)15/h2-5,7-8H,1H3. The van der Waals surface area contributed by atoms with Crippen LogP contribution in [0.5, 0.6) is 0 Å². The molecule has 0 saturated carbocycles. The van der Waals surface area contributed by atoms with Gasteiger partial charge in [0, 0.05) is 42.3 Å². The highest BCUT2D eigenvalue weighted by atomic mass is 16.6. The summed E-state index contributed by atoms with van der Waals surface area (Å²) in [6.07, 6.45) is 4.34. The average Bonchev–Trinajstić information content (AvgIpc) is 2.74. The second-order valence-electron chi connectivity index (χ2n) is 3.89. The van der Waals surface area contributed by atoms with E-state index in [1.165, 1.54) is 41.8 Å². The first-order valence-corrected chi connectivity index (χ1v) is 5.41. The molecule has 0 aliphatic rings. The van der Waals surface area contributed by atoms with Gasteiger partial charge in [-0.15, -0.1) is 0 Å². The maximum Gasteiger partial charge on any atom is 0.270 e. The molecule has 2 rings (SSSR count). The SMILES string of the molecule is CC(=O)n1cc(C=CC#N)c2cc([N+](=O)[O-])ccc21. The molecule has 0 spiro atoms. The quantitative estimate of drug-likeness (QED) is 0.468. The van der Waals surface area contributed by atoms with Gasteiger partial charge < -0.3 is 0 Å². The Morgan fingerprint density at radius 1 is 1.53 bits per heavy atom. The van der Waals surface area contributed by atoms with Crippen molar-refractivity contribution in [3.05, 3.63) is 46.1 Å². The minimum absolute atomic E-state index is 0.0552. The monoisotopic (exact) mass is 255 g/mol. The third kappa shape index (κ3) is 2.21.